The lowest BCUT2D eigenvalue weighted by molar-refractivity contribution is 0.100. The molecule has 5 N–H and O–H groups in total. The number of carbonyl (C=O) groups excluding carboxylic acids is 1. The van der Waals surface area contributed by atoms with Crippen molar-refractivity contribution in [3.63, 3.8) is 0 Å². The Hall–Kier alpha value is -2.49. The highest BCUT2D eigenvalue weighted by Gasteiger charge is 2.08. The number of aryl methyl sites for hydroxylation is 1. The van der Waals surface area contributed by atoms with Gasteiger partial charge >= 0.3 is 0 Å². The minimum Gasteiger partial charge on any atom is -0.399 e. The molecule has 1 amide bonds. The predicted octanol–water partition coefficient (Wildman–Crippen LogP) is 3.45. The van der Waals surface area contributed by atoms with E-state index in [9.17, 15) is 4.79 Å². The number of hydrogen-bond acceptors (Lipinski definition) is 3. The van der Waals surface area contributed by atoms with Gasteiger partial charge in [-0.2, -0.15) is 0 Å². The Balaban J connectivity index is 2.16. The predicted molar refractivity (Wildman–Crippen MR) is 87.7 cm³/mol. The fourth-order valence-electron chi connectivity index (χ4n) is 2.17. The first-order valence-electron chi connectivity index (χ1n) is 7.15. The lowest BCUT2D eigenvalue weighted by Crippen LogP contribution is -2.13. The van der Waals surface area contributed by atoms with Crippen LogP contribution < -0.4 is 16.8 Å². The van der Waals surface area contributed by atoms with Gasteiger partial charge in [0.15, 0.2) is 0 Å². The average Bonchev–Trinajstić information content (AvgIpc) is 2.48. The standard InChI is InChI=1S/C17H21N3O/c1-2-3-4-12-5-8-14(9-6-12)20-16-10-7-13(18)11-15(16)17(19)21/h5-11,20H,2-4,18H2,1H3,(H2,19,21). The van der Waals surface area contributed by atoms with Gasteiger partial charge in [0.05, 0.1) is 11.3 Å². The van der Waals surface area contributed by atoms with Gasteiger partial charge in [0.1, 0.15) is 0 Å². The molecule has 0 radical (unpaired) electrons. The highest BCUT2D eigenvalue weighted by molar-refractivity contribution is 6.00. The van der Waals surface area contributed by atoms with Crippen molar-refractivity contribution in [3.05, 3.63) is 53.6 Å². The van der Waals surface area contributed by atoms with E-state index in [1.54, 1.807) is 18.2 Å². The summed E-state index contributed by atoms with van der Waals surface area (Å²) in [4.78, 5) is 11.5. The SMILES string of the molecule is CCCCc1ccc(Nc2ccc(N)cc2C(N)=O)cc1. The smallest absolute Gasteiger partial charge is 0.250 e. The highest BCUT2D eigenvalue weighted by Crippen LogP contribution is 2.23. The number of hydrogen-bond donors (Lipinski definition) is 3. The number of unbranched alkanes of at least 4 members (excludes halogenated alkanes) is 1. The van der Waals surface area contributed by atoms with Crippen LogP contribution in [0.1, 0.15) is 35.7 Å². The van der Waals surface area contributed by atoms with Crippen molar-refractivity contribution in [2.45, 2.75) is 26.2 Å². The Morgan fingerprint density at radius 3 is 2.48 bits per heavy atom. The fraction of sp³-hybridized carbons (Fsp3) is 0.235. The Kier molecular flexibility index (Phi) is 4.82. The summed E-state index contributed by atoms with van der Waals surface area (Å²) in [7, 11) is 0. The van der Waals surface area contributed by atoms with Gasteiger partial charge in [-0.3, -0.25) is 4.79 Å². The van der Waals surface area contributed by atoms with Crippen molar-refractivity contribution in [3.8, 4) is 0 Å². The van der Waals surface area contributed by atoms with Crippen LogP contribution in [0.3, 0.4) is 0 Å². The molecule has 21 heavy (non-hydrogen) atoms. The van der Waals surface area contributed by atoms with Crippen LogP contribution in [0.25, 0.3) is 0 Å². The molecule has 2 aromatic carbocycles. The number of anilines is 3. The summed E-state index contributed by atoms with van der Waals surface area (Å²) in [5.74, 6) is -0.496. The zero-order valence-corrected chi connectivity index (χ0v) is 12.2. The molecule has 4 heteroatoms. The summed E-state index contributed by atoms with van der Waals surface area (Å²) in [6.07, 6.45) is 3.47. The first kappa shape index (κ1) is 14.9. The van der Waals surface area contributed by atoms with Gasteiger partial charge in [-0.15, -0.1) is 0 Å². The molecule has 0 bridgehead atoms. The van der Waals surface area contributed by atoms with E-state index in [1.807, 2.05) is 12.1 Å². The average molecular weight is 283 g/mol. The number of rotatable bonds is 6. The molecule has 2 rings (SSSR count). The minimum absolute atomic E-state index is 0.394. The molecule has 0 atom stereocenters. The van der Waals surface area contributed by atoms with Crippen molar-refractivity contribution >= 4 is 23.0 Å². The lowest BCUT2D eigenvalue weighted by Gasteiger charge is -2.11. The largest absolute Gasteiger partial charge is 0.399 e. The van der Waals surface area contributed by atoms with E-state index in [2.05, 4.69) is 24.4 Å². The van der Waals surface area contributed by atoms with E-state index in [1.165, 1.54) is 18.4 Å². The molecule has 0 heterocycles. The van der Waals surface area contributed by atoms with E-state index in [-0.39, 0.29) is 0 Å². The molecule has 0 aromatic heterocycles. The Morgan fingerprint density at radius 1 is 1.14 bits per heavy atom. The molecule has 0 aliphatic rings. The first-order valence-corrected chi connectivity index (χ1v) is 7.15. The van der Waals surface area contributed by atoms with Gasteiger partial charge in [-0.05, 0) is 48.7 Å². The van der Waals surface area contributed by atoms with Crippen molar-refractivity contribution in [2.24, 2.45) is 5.73 Å². The second-order valence-electron chi connectivity index (χ2n) is 5.09. The quantitative estimate of drug-likeness (QED) is 0.710. The first-order chi connectivity index (χ1) is 10.1. The zero-order chi connectivity index (χ0) is 15.2. The Labute approximate surface area is 125 Å². The second-order valence-corrected chi connectivity index (χ2v) is 5.09. The molecule has 0 spiro atoms. The van der Waals surface area contributed by atoms with Crippen molar-refractivity contribution in [1.29, 1.82) is 0 Å². The topological polar surface area (TPSA) is 81.1 Å². The number of nitrogens with two attached hydrogens (primary N) is 2. The molecular weight excluding hydrogens is 262 g/mol. The van der Waals surface area contributed by atoms with E-state index in [4.69, 9.17) is 11.5 Å². The Morgan fingerprint density at radius 2 is 1.86 bits per heavy atom. The van der Waals surface area contributed by atoms with Crippen molar-refractivity contribution in [2.75, 3.05) is 11.1 Å². The van der Waals surface area contributed by atoms with E-state index in [0.717, 1.165) is 12.1 Å². The van der Waals surface area contributed by atoms with Crippen LogP contribution in [0.4, 0.5) is 17.1 Å². The molecule has 4 nitrogen and oxygen atoms in total. The lowest BCUT2D eigenvalue weighted by atomic mass is 10.1. The monoisotopic (exact) mass is 283 g/mol. The molecule has 0 unspecified atom stereocenters. The van der Waals surface area contributed by atoms with Gasteiger partial charge in [-0.1, -0.05) is 25.5 Å². The molecule has 2 aromatic rings. The van der Waals surface area contributed by atoms with E-state index < -0.39 is 5.91 Å². The van der Waals surface area contributed by atoms with Crippen molar-refractivity contribution in [1.82, 2.24) is 0 Å². The summed E-state index contributed by atoms with van der Waals surface area (Å²) in [5.41, 5.74) is 14.9. The molecule has 0 fully saturated rings. The molecule has 0 saturated carbocycles. The molecule has 0 saturated heterocycles. The highest BCUT2D eigenvalue weighted by atomic mass is 16.1. The van der Waals surface area contributed by atoms with Crippen LogP contribution in [0.2, 0.25) is 0 Å². The molecule has 0 aliphatic heterocycles. The number of nitrogen functional groups attached to an aromatic ring is 1. The van der Waals surface area contributed by atoms with Crippen LogP contribution in [-0.2, 0) is 6.42 Å². The summed E-state index contributed by atoms with van der Waals surface area (Å²) in [6, 6.07) is 13.3. The van der Waals surface area contributed by atoms with Crippen molar-refractivity contribution < 1.29 is 4.79 Å². The van der Waals surface area contributed by atoms with Crippen LogP contribution in [-0.4, -0.2) is 5.91 Å². The summed E-state index contributed by atoms with van der Waals surface area (Å²) in [5, 5.41) is 3.21. The molecule has 110 valence electrons. The van der Waals surface area contributed by atoms with Crippen LogP contribution in [0.15, 0.2) is 42.5 Å². The summed E-state index contributed by atoms with van der Waals surface area (Å²) >= 11 is 0. The normalized spacial score (nSPS) is 10.3. The number of primary amides is 1. The second kappa shape index (κ2) is 6.79. The van der Waals surface area contributed by atoms with E-state index in [0.29, 0.717) is 16.9 Å². The number of benzene rings is 2. The van der Waals surface area contributed by atoms with Gasteiger partial charge in [0.2, 0.25) is 0 Å². The Bertz CT molecular complexity index is 620. The van der Waals surface area contributed by atoms with Crippen LogP contribution in [0, 0.1) is 0 Å². The van der Waals surface area contributed by atoms with Gasteiger partial charge < -0.3 is 16.8 Å². The number of amides is 1. The molecular formula is C17H21N3O. The maximum absolute atomic E-state index is 11.5. The third-order valence-electron chi connectivity index (χ3n) is 3.36. The minimum atomic E-state index is -0.496. The van der Waals surface area contributed by atoms with Gasteiger partial charge in [0.25, 0.3) is 5.91 Å². The number of nitrogens with one attached hydrogen (secondary N) is 1. The number of carbonyl (C=O) groups is 1. The third kappa shape index (κ3) is 3.99. The summed E-state index contributed by atoms with van der Waals surface area (Å²) in [6.45, 7) is 2.18. The van der Waals surface area contributed by atoms with Crippen LogP contribution >= 0.6 is 0 Å². The zero-order valence-electron chi connectivity index (χ0n) is 12.2. The maximum Gasteiger partial charge on any atom is 0.250 e. The third-order valence-corrected chi connectivity index (χ3v) is 3.36. The fourth-order valence-corrected chi connectivity index (χ4v) is 2.17. The summed E-state index contributed by atoms with van der Waals surface area (Å²) < 4.78 is 0. The van der Waals surface area contributed by atoms with Gasteiger partial charge in [-0.25, -0.2) is 0 Å². The van der Waals surface area contributed by atoms with Crippen LogP contribution in [0.5, 0.6) is 0 Å². The molecule has 0 aliphatic carbocycles. The maximum atomic E-state index is 11.5. The van der Waals surface area contributed by atoms with Gasteiger partial charge in [0, 0.05) is 11.4 Å². The van der Waals surface area contributed by atoms with E-state index >= 15 is 0 Å².